The number of amides is 1. The second kappa shape index (κ2) is 7.53. The highest BCUT2D eigenvalue weighted by Crippen LogP contribution is 2.21. The molecule has 0 bridgehead atoms. The number of aryl methyl sites for hydroxylation is 3. The maximum absolute atomic E-state index is 11.9. The summed E-state index contributed by atoms with van der Waals surface area (Å²) in [6.07, 6.45) is 0. The Kier molecular flexibility index (Phi) is 6.32. The molecule has 0 spiro atoms. The topological polar surface area (TPSA) is 84.5 Å². The van der Waals surface area contributed by atoms with E-state index in [4.69, 9.17) is 4.74 Å². The van der Waals surface area contributed by atoms with Crippen LogP contribution in [0.5, 0.6) is 0 Å². The van der Waals surface area contributed by atoms with Crippen LogP contribution in [-0.4, -0.2) is 40.3 Å². The normalized spacial score (nSPS) is 11.4. The van der Waals surface area contributed by atoms with Crippen LogP contribution in [0.25, 0.3) is 0 Å². The van der Waals surface area contributed by atoms with Crippen molar-refractivity contribution in [3.8, 4) is 0 Å². The highest BCUT2D eigenvalue weighted by Gasteiger charge is 2.13. The molecule has 0 saturated heterocycles. The summed E-state index contributed by atoms with van der Waals surface area (Å²) in [6.45, 7) is 5.58. The van der Waals surface area contributed by atoms with Crippen LogP contribution in [0.15, 0.2) is 12.1 Å². The van der Waals surface area contributed by atoms with E-state index in [9.17, 15) is 13.2 Å². The quantitative estimate of drug-likeness (QED) is 0.790. The van der Waals surface area contributed by atoms with E-state index >= 15 is 0 Å². The zero-order chi connectivity index (χ0) is 16.0. The number of methoxy groups -OCH3 is 1. The van der Waals surface area contributed by atoms with Crippen LogP contribution in [0.1, 0.15) is 16.7 Å². The van der Waals surface area contributed by atoms with E-state index in [0.29, 0.717) is 0 Å². The first-order valence-corrected chi connectivity index (χ1v) is 8.24. The lowest BCUT2D eigenvalue weighted by Gasteiger charge is -2.13. The summed E-state index contributed by atoms with van der Waals surface area (Å²) < 4.78 is 30.1. The number of anilines is 1. The maximum Gasteiger partial charge on any atom is 0.239 e. The number of carbonyl (C=O) groups is 1. The summed E-state index contributed by atoms with van der Waals surface area (Å²) >= 11 is 0. The van der Waals surface area contributed by atoms with Gasteiger partial charge < -0.3 is 10.1 Å². The van der Waals surface area contributed by atoms with Crippen molar-refractivity contribution >= 4 is 21.6 Å². The minimum Gasteiger partial charge on any atom is -0.384 e. The lowest BCUT2D eigenvalue weighted by atomic mass is 10.1. The zero-order valence-corrected chi connectivity index (χ0v) is 13.6. The molecule has 6 nitrogen and oxygen atoms in total. The molecule has 0 unspecified atom stereocenters. The first-order chi connectivity index (χ1) is 9.75. The third kappa shape index (κ3) is 5.82. The molecule has 118 valence electrons. The van der Waals surface area contributed by atoms with Gasteiger partial charge in [0.25, 0.3) is 0 Å². The Bertz CT molecular complexity index is 588. The molecular weight excluding hydrogens is 292 g/mol. The summed E-state index contributed by atoms with van der Waals surface area (Å²) in [4.78, 5) is 11.9. The number of carbonyl (C=O) groups excluding carboxylic acids is 1. The van der Waals surface area contributed by atoms with Crippen LogP contribution in [0, 0.1) is 20.8 Å². The summed E-state index contributed by atoms with van der Waals surface area (Å²) in [5.41, 5.74) is 3.73. The third-order valence-corrected chi connectivity index (χ3v) is 4.24. The smallest absolute Gasteiger partial charge is 0.239 e. The molecule has 0 aliphatic carbocycles. The van der Waals surface area contributed by atoms with Gasteiger partial charge in [0, 0.05) is 12.8 Å². The fourth-order valence-corrected chi connectivity index (χ4v) is 2.88. The Morgan fingerprint density at radius 2 is 1.76 bits per heavy atom. The van der Waals surface area contributed by atoms with E-state index in [1.807, 2.05) is 32.9 Å². The minimum atomic E-state index is -3.49. The van der Waals surface area contributed by atoms with E-state index in [0.717, 1.165) is 22.4 Å². The van der Waals surface area contributed by atoms with Crippen molar-refractivity contribution < 1.29 is 17.9 Å². The first kappa shape index (κ1) is 17.6. The van der Waals surface area contributed by atoms with Gasteiger partial charge in [-0.3, -0.25) is 4.79 Å². The van der Waals surface area contributed by atoms with Crippen LogP contribution < -0.4 is 10.0 Å². The van der Waals surface area contributed by atoms with Gasteiger partial charge in [0.05, 0.1) is 18.9 Å². The molecule has 0 aliphatic rings. The van der Waals surface area contributed by atoms with Gasteiger partial charge in [0.15, 0.2) is 0 Å². The van der Waals surface area contributed by atoms with Crippen molar-refractivity contribution in [2.24, 2.45) is 0 Å². The van der Waals surface area contributed by atoms with E-state index in [-0.39, 0.29) is 18.9 Å². The average molecular weight is 314 g/mol. The Morgan fingerprint density at radius 3 is 2.29 bits per heavy atom. The first-order valence-electron chi connectivity index (χ1n) is 6.59. The molecule has 0 aliphatic heterocycles. The minimum absolute atomic E-state index is 0.0904. The molecule has 1 aromatic rings. The number of nitrogens with one attached hydrogen (secondary N) is 2. The standard InChI is InChI=1S/C14H22N2O4S/c1-10-7-11(2)14(12(3)8-10)16-13(17)9-15-21(18,19)6-5-20-4/h7-8,15H,5-6,9H2,1-4H3,(H,16,17). The number of benzene rings is 1. The average Bonchev–Trinajstić information content (AvgIpc) is 2.38. The van der Waals surface area contributed by atoms with Gasteiger partial charge in [0.2, 0.25) is 15.9 Å². The van der Waals surface area contributed by atoms with Crippen molar-refractivity contribution in [3.63, 3.8) is 0 Å². The van der Waals surface area contributed by atoms with Crippen molar-refractivity contribution in [2.45, 2.75) is 20.8 Å². The van der Waals surface area contributed by atoms with Crippen molar-refractivity contribution in [2.75, 3.05) is 31.3 Å². The second-order valence-corrected chi connectivity index (χ2v) is 6.88. The number of hydrogen-bond acceptors (Lipinski definition) is 4. The molecule has 2 N–H and O–H groups in total. The molecule has 0 saturated carbocycles. The summed E-state index contributed by atoms with van der Waals surface area (Å²) in [7, 11) is -2.07. The van der Waals surface area contributed by atoms with Crippen molar-refractivity contribution in [1.29, 1.82) is 0 Å². The third-order valence-electron chi connectivity index (χ3n) is 2.95. The van der Waals surface area contributed by atoms with E-state index in [1.54, 1.807) is 0 Å². The maximum atomic E-state index is 11.9. The van der Waals surface area contributed by atoms with Gasteiger partial charge in [0.1, 0.15) is 0 Å². The monoisotopic (exact) mass is 314 g/mol. The predicted octanol–water partition coefficient (Wildman–Crippen LogP) is 1.12. The summed E-state index contributed by atoms with van der Waals surface area (Å²) in [6, 6.07) is 3.93. The fourth-order valence-electron chi connectivity index (χ4n) is 2.00. The zero-order valence-electron chi connectivity index (χ0n) is 12.8. The van der Waals surface area contributed by atoms with E-state index < -0.39 is 15.9 Å². The largest absolute Gasteiger partial charge is 0.384 e. The van der Waals surface area contributed by atoms with Crippen LogP contribution in [0.2, 0.25) is 0 Å². The van der Waals surface area contributed by atoms with Gasteiger partial charge >= 0.3 is 0 Å². The molecule has 1 rings (SSSR count). The highest BCUT2D eigenvalue weighted by atomic mass is 32.2. The molecule has 1 amide bonds. The lowest BCUT2D eigenvalue weighted by molar-refractivity contribution is -0.115. The number of ether oxygens (including phenoxy) is 1. The Balaban J connectivity index is 2.63. The predicted molar refractivity (Wildman–Crippen MR) is 82.9 cm³/mol. The highest BCUT2D eigenvalue weighted by molar-refractivity contribution is 7.89. The van der Waals surface area contributed by atoms with Gasteiger partial charge in [-0.15, -0.1) is 0 Å². The van der Waals surface area contributed by atoms with Gasteiger partial charge in [-0.1, -0.05) is 17.7 Å². The molecule has 7 heteroatoms. The molecule has 0 heterocycles. The molecule has 0 fully saturated rings. The van der Waals surface area contributed by atoms with Gasteiger partial charge in [-0.25, -0.2) is 13.1 Å². The summed E-state index contributed by atoms with van der Waals surface area (Å²) in [5, 5.41) is 2.74. The Morgan fingerprint density at radius 1 is 1.19 bits per heavy atom. The van der Waals surface area contributed by atoms with Crippen LogP contribution >= 0.6 is 0 Å². The van der Waals surface area contributed by atoms with Crippen molar-refractivity contribution in [3.05, 3.63) is 28.8 Å². The van der Waals surface area contributed by atoms with Crippen LogP contribution in [0.4, 0.5) is 5.69 Å². The van der Waals surface area contributed by atoms with Crippen molar-refractivity contribution in [1.82, 2.24) is 4.72 Å². The Labute approximate surface area is 125 Å². The molecule has 0 radical (unpaired) electrons. The Hall–Kier alpha value is -1.44. The molecule has 0 aromatic heterocycles. The number of sulfonamides is 1. The van der Waals surface area contributed by atoms with Crippen LogP contribution in [-0.2, 0) is 19.6 Å². The molecule has 1 aromatic carbocycles. The lowest BCUT2D eigenvalue weighted by Crippen LogP contribution is -2.35. The van der Waals surface area contributed by atoms with E-state index in [1.165, 1.54) is 7.11 Å². The fraction of sp³-hybridized carbons (Fsp3) is 0.500. The summed E-state index contributed by atoms with van der Waals surface area (Å²) in [5.74, 6) is -0.564. The van der Waals surface area contributed by atoms with Crippen LogP contribution in [0.3, 0.4) is 0 Å². The number of hydrogen-bond donors (Lipinski definition) is 2. The molecule has 21 heavy (non-hydrogen) atoms. The SMILES string of the molecule is COCCS(=O)(=O)NCC(=O)Nc1c(C)cc(C)cc1C. The molecule has 0 atom stereocenters. The molecular formula is C14H22N2O4S. The second-order valence-electron chi connectivity index (χ2n) is 4.95. The van der Waals surface area contributed by atoms with Gasteiger partial charge in [-0.05, 0) is 31.9 Å². The van der Waals surface area contributed by atoms with Gasteiger partial charge in [-0.2, -0.15) is 0 Å². The number of rotatable bonds is 7. The van der Waals surface area contributed by atoms with E-state index in [2.05, 4.69) is 10.0 Å².